The molecule has 3 heterocycles. The molecule has 3 rings (SSSR count). The Morgan fingerprint density at radius 2 is 2.15 bits per heavy atom. The van der Waals surface area contributed by atoms with Gasteiger partial charge in [0.15, 0.2) is 0 Å². The van der Waals surface area contributed by atoms with E-state index < -0.39 is 0 Å². The van der Waals surface area contributed by atoms with Gasteiger partial charge >= 0.3 is 0 Å². The van der Waals surface area contributed by atoms with E-state index in [1.165, 1.54) is 9.75 Å². The molecule has 0 aliphatic heterocycles. The van der Waals surface area contributed by atoms with Gasteiger partial charge in [-0.2, -0.15) is 0 Å². The van der Waals surface area contributed by atoms with Crippen molar-refractivity contribution in [1.82, 2.24) is 9.38 Å². The summed E-state index contributed by atoms with van der Waals surface area (Å²) in [6.07, 6.45) is 1.73. The van der Waals surface area contributed by atoms with Gasteiger partial charge in [0.2, 0.25) is 0 Å². The van der Waals surface area contributed by atoms with E-state index >= 15 is 0 Å². The number of thiophene rings is 1. The summed E-state index contributed by atoms with van der Waals surface area (Å²) in [7, 11) is 1.95. The van der Waals surface area contributed by atoms with E-state index in [1.54, 1.807) is 28.0 Å². The lowest BCUT2D eigenvalue weighted by atomic mass is 10.4. The van der Waals surface area contributed by atoms with E-state index in [9.17, 15) is 4.79 Å². The van der Waals surface area contributed by atoms with Crippen LogP contribution in [0.1, 0.15) is 9.75 Å². The summed E-state index contributed by atoms with van der Waals surface area (Å²) in [6.45, 7) is 2.85. The van der Waals surface area contributed by atoms with Gasteiger partial charge in [0.1, 0.15) is 11.5 Å². The maximum Gasteiger partial charge on any atom is 0.259 e. The van der Waals surface area contributed by atoms with Gasteiger partial charge in [-0.05, 0) is 31.2 Å². The molecule has 0 fully saturated rings. The van der Waals surface area contributed by atoms with Crippen molar-refractivity contribution >= 4 is 22.8 Å². The third kappa shape index (κ3) is 2.44. The highest BCUT2D eigenvalue weighted by atomic mass is 32.1. The molecule has 20 heavy (non-hydrogen) atoms. The van der Waals surface area contributed by atoms with Crippen LogP contribution in [0.3, 0.4) is 0 Å². The second-order valence-corrected chi connectivity index (χ2v) is 6.12. The zero-order valence-corrected chi connectivity index (χ0v) is 12.2. The van der Waals surface area contributed by atoms with Crippen LogP contribution >= 0.6 is 11.3 Å². The Balaban J connectivity index is 1.95. The molecule has 0 saturated heterocycles. The maximum absolute atomic E-state index is 12.1. The Morgan fingerprint density at radius 1 is 1.30 bits per heavy atom. The molecule has 0 aromatic carbocycles. The molecule has 0 N–H and O–H groups in total. The molecule has 0 atom stereocenters. The third-order valence-electron chi connectivity index (χ3n) is 3.14. The number of anilines is 1. The molecule has 0 unspecified atom stereocenters. The van der Waals surface area contributed by atoms with Crippen LogP contribution in [0, 0.1) is 6.92 Å². The Labute approximate surface area is 120 Å². The van der Waals surface area contributed by atoms with E-state index in [0.29, 0.717) is 11.5 Å². The van der Waals surface area contributed by atoms with Gasteiger partial charge in [-0.25, -0.2) is 4.98 Å². The molecule has 0 aliphatic carbocycles. The number of aromatic nitrogens is 2. The van der Waals surface area contributed by atoms with E-state index in [1.807, 2.05) is 30.1 Å². The van der Waals surface area contributed by atoms with Crippen molar-refractivity contribution in [3.05, 3.63) is 62.7 Å². The highest BCUT2D eigenvalue weighted by Gasteiger charge is 2.08. The molecule has 0 amide bonds. The predicted octanol–water partition coefficient (Wildman–Crippen LogP) is 2.70. The first kappa shape index (κ1) is 12.9. The van der Waals surface area contributed by atoms with Crippen LogP contribution in [0.15, 0.2) is 47.4 Å². The van der Waals surface area contributed by atoms with Gasteiger partial charge < -0.3 is 4.90 Å². The number of hydrogen-bond acceptors (Lipinski definition) is 4. The fourth-order valence-electron chi connectivity index (χ4n) is 2.12. The minimum absolute atomic E-state index is 0.0557. The molecule has 102 valence electrons. The predicted molar refractivity (Wildman–Crippen MR) is 82.6 cm³/mol. The van der Waals surface area contributed by atoms with Gasteiger partial charge in [-0.3, -0.25) is 9.20 Å². The van der Waals surface area contributed by atoms with E-state index in [2.05, 4.69) is 24.0 Å². The number of aryl methyl sites for hydroxylation is 1. The van der Waals surface area contributed by atoms with Crippen molar-refractivity contribution < 1.29 is 0 Å². The van der Waals surface area contributed by atoms with Crippen molar-refractivity contribution in [1.29, 1.82) is 0 Å². The average Bonchev–Trinajstić information content (AvgIpc) is 2.84. The van der Waals surface area contributed by atoms with Crippen LogP contribution in [0.25, 0.3) is 5.65 Å². The Morgan fingerprint density at radius 3 is 2.90 bits per heavy atom. The molecule has 3 aromatic rings. The first-order valence-electron chi connectivity index (χ1n) is 6.38. The van der Waals surface area contributed by atoms with Crippen LogP contribution in [-0.4, -0.2) is 16.4 Å². The van der Waals surface area contributed by atoms with Gasteiger partial charge in [0.25, 0.3) is 5.56 Å². The third-order valence-corrected chi connectivity index (χ3v) is 4.12. The smallest absolute Gasteiger partial charge is 0.259 e. The molecule has 3 aromatic heterocycles. The first-order chi connectivity index (χ1) is 9.63. The molecule has 0 saturated carbocycles. The van der Waals surface area contributed by atoms with Crippen molar-refractivity contribution in [2.75, 3.05) is 11.9 Å². The summed E-state index contributed by atoms with van der Waals surface area (Å²) in [5, 5.41) is 0. The van der Waals surface area contributed by atoms with Crippen LogP contribution in [0.4, 0.5) is 5.82 Å². The van der Waals surface area contributed by atoms with Gasteiger partial charge in [0, 0.05) is 29.1 Å². The van der Waals surface area contributed by atoms with Gasteiger partial charge in [0.05, 0.1) is 6.54 Å². The SMILES string of the molecule is Cc1ccc(CN(C)c2cc(=O)n3ccccc3n2)s1. The van der Waals surface area contributed by atoms with Crippen LogP contribution in [-0.2, 0) is 6.54 Å². The number of pyridine rings is 1. The zero-order valence-electron chi connectivity index (χ0n) is 11.4. The molecule has 5 heteroatoms. The summed E-state index contributed by atoms with van der Waals surface area (Å²) < 4.78 is 1.55. The average molecular weight is 285 g/mol. The monoisotopic (exact) mass is 285 g/mol. The minimum Gasteiger partial charge on any atom is -0.354 e. The summed E-state index contributed by atoms with van der Waals surface area (Å²) in [5.74, 6) is 0.701. The lowest BCUT2D eigenvalue weighted by Gasteiger charge is -2.17. The lowest BCUT2D eigenvalue weighted by molar-refractivity contribution is 0.899. The largest absolute Gasteiger partial charge is 0.354 e. The quantitative estimate of drug-likeness (QED) is 0.742. The van der Waals surface area contributed by atoms with Crippen molar-refractivity contribution in [3.63, 3.8) is 0 Å². The molecular weight excluding hydrogens is 270 g/mol. The van der Waals surface area contributed by atoms with Crippen molar-refractivity contribution in [3.8, 4) is 0 Å². The highest BCUT2D eigenvalue weighted by Crippen LogP contribution is 2.19. The van der Waals surface area contributed by atoms with Crippen molar-refractivity contribution in [2.45, 2.75) is 13.5 Å². The number of rotatable bonds is 3. The Kier molecular flexibility index (Phi) is 3.28. The van der Waals surface area contributed by atoms with E-state index in [-0.39, 0.29) is 5.56 Å². The second-order valence-electron chi connectivity index (χ2n) is 4.75. The number of fused-ring (bicyclic) bond motifs is 1. The normalized spacial score (nSPS) is 10.9. The Bertz CT molecular complexity index is 806. The zero-order chi connectivity index (χ0) is 14.1. The highest BCUT2D eigenvalue weighted by molar-refractivity contribution is 7.11. The van der Waals surface area contributed by atoms with Crippen LogP contribution in [0.5, 0.6) is 0 Å². The molecular formula is C15H15N3OS. The van der Waals surface area contributed by atoms with Crippen LogP contribution in [0.2, 0.25) is 0 Å². The minimum atomic E-state index is -0.0557. The fraction of sp³-hybridized carbons (Fsp3) is 0.200. The topological polar surface area (TPSA) is 37.6 Å². The lowest BCUT2D eigenvalue weighted by Crippen LogP contribution is -2.22. The van der Waals surface area contributed by atoms with Gasteiger partial charge in [-0.15, -0.1) is 11.3 Å². The maximum atomic E-state index is 12.1. The second kappa shape index (κ2) is 5.09. The fourth-order valence-corrected chi connectivity index (χ4v) is 3.07. The molecule has 4 nitrogen and oxygen atoms in total. The van der Waals surface area contributed by atoms with Gasteiger partial charge in [-0.1, -0.05) is 6.07 Å². The molecule has 0 radical (unpaired) electrons. The number of nitrogens with zero attached hydrogens (tertiary/aromatic N) is 3. The summed E-state index contributed by atoms with van der Waals surface area (Å²) >= 11 is 1.77. The standard InChI is InChI=1S/C15H15N3OS/c1-11-6-7-12(20-11)10-17(2)14-9-15(19)18-8-4-3-5-13(18)16-14/h3-9H,10H2,1-2H3. The summed E-state index contributed by atoms with van der Waals surface area (Å²) in [4.78, 5) is 21.1. The molecule has 0 spiro atoms. The first-order valence-corrected chi connectivity index (χ1v) is 7.20. The number of hydrogen-bond donors (Lipinski definition) is 0. The summed E-state index contributed by atoms with van der Waals surface area (Å²) in [5.41, 5.74) is 0.615. The molecule has 0 bridgehead atoms. The Hall–Kier alpha value is -2.14. The van der Waals surface area contributed by atoms with E-state index in [4.69, 9.17) is 0 Å². The molecule has 0 aliphatic rings. The van der Waals surface area contributed by atoms with E-state index in [0.717, 1.165) is 6.54 Å². The van der Waals surface area contributed by atoms with Crippen molar-refractivity contribution in [2.24, 2.45) is 0 Å². The summed E-state index contributed by atoms with van der Waals surface area (Å²) in [6, 6.07) is 11.4. The van der Waals surface area contributed by atoms with Crippen LogP contribution < -0.4 is 10.5 Å².